The van der Waals surface area contributed by atoms with Crippen LogP contribution in [0.1, 0.15) is 29.2 Å². The van der Waals surface area contributed by atoms with Gasteiger partial charge in [-0.15, -0.1) is 0 Å². The number of carbonyl (C=O) groups is 1. The van der Waals surface area contributed by atoms with Gasteiger partial charge in [-0.2, -0.15) is 0 Å². The highest BCUT2D eigenvalue weighted by molar-refractivity contribution is 5.94. The SMILES string of the molecule is O=Cc1cccc2ncn(C3CC3)c12. The Labute approximate surface area is 81.4 Å². The van der Waals surface area contributed by atoms with E-state index in [1.165, 1.54) is 12.8 Å². The molecule has 0 saturated heterocycles. The number of benzene rings is 1. The van der Waals surface area contributed by atoms with E-state index in [1.54, 1.807) is 0 Å². The minimum Gasteiger partial charge on any atom is -0.327 e. The van der Waals surface area contributed by atoms with E-state index in [0.717, 1.165) is 22.9 Å². The van der Waals surface area contributed by atoms with Crippen molar-refractivity contribution in [2.75, 3.05) is 0 Å². The summed E-state index contributed by atoms with van der Waals surface area (Å²) >= 11 is 0. The van der Waals surface area contributed by atoms with Crippen molar-refractivity contribution < 1.29 is 4.79 Å². The molecule has 1 aromatic heterocycles. The van der Waals surface area contributed by atoms with Crippen molar-refractivity contribution in [3.63, 3.8) is 0 Å². The summed E-state index contributed by atoms with van der Waals surface area (Å²) < 4.78 is 2.12. The van der Waals surface area contributed by atoms with Crippen LogP contribution in [0.5, 0.6) is 0 Å². The number of nitrogens with zero attached hydrogens (tertiary/aromatic N) is 2. The lowest BCUT2D eigenvalue weighted by Gasteiger charge is -2.02. The zero-order valence-electron chi connectivity index (χ0n) is 7.68. The number of fused-ring (bicyclic) bond motifs is 1. The maximum Gasteiger partial charge on any atom is 0.152 e. The first-order valence-corrected chi connectivity index (χ1v) is 4.81. The molecule has 1 heterocycles. The van der Waals surface area contributed by atoms with Gasteiger partial charge in [0.05, 0.1) is 17.4 Å². The van der Waals surface area contributed by atoms with Gasteiger partial charge in [0.15, 0.2) is 6.29 Å². The van der Waals surface area contributed by atoms with Gasteiger partial charge in [0, 0.05) is 11.6 Å². The second kappa shape index (κ2) is 2.67. The molecule has 0 unspecified atom stereocenters. The van der Waals surface area contributed by atoms with Crippen LogP contribution in [0.25, 0.3) is 11.0 Å². The van der Waals surface area contributed by atoms with E-state index in [-0.39, 0.29) is 0 Å². The van der Waals surface area contributed by atoms with E-state index in [4.69, 9.17) is 0 Å². The molecule has 1 aliphatic carbocycles. The molecule has 1 fully saturated rings. The molecule has 0 spiro atoms. The molecule has 0 radical (unpaired) electrons. The van der Waals surface area contributed by atoms with Gasteiger partial charge in [-0.1, -0.05) is 6.07 Å². The van der Waals surface area contributed by atoms with Gasteiger partial charge in [0.1, 0.15) is 0 Å². The average molecular weight is 186 g/mol. The molecule has 0 atom stereocenters. The summed E-state index contributed by atoms with van der Waals surface area (Å²) in [6.07, 6.45) is 5.16. The Kier molecular flexibility index (Phi) is 1.48. The predicted molar refractivity (Wildman–Crippen MR) is 53.4 cm³/mol. The molecule has 0 bridgehead atoms. The molecule has 70 valence electrons. The zero-order chi connectivity index (χ0) is 9.54. The topological polar surface area (TPSA) is 34.9 Å². The van der Waals surface area contributed by atoms with Crippen molar-refractivity contribution in [1.82, 2.24) is 9.55 Å². The molecule has 1 saturated carbocycles. The first kappa shape index (κ1) is 7.74. The summed E-state index contributed by atoms with van der Waals surface area (Å²) in [5.74, 6) is 0. The van der Waals surface area contributed by atoms with E-state index >= 15 is 0 Å². The fourth-order valence-electron chi connectivity index (χ4n) is 1.84. The third-order valence-electron chi connectivity index (χ3n) is 2.69. The third-order valence-corrected chi connectivity index (χ3v) is 2.69. The minimum atomic E-state index is 0.570. The lowest BCUT2D eigenvalue weighted by Crippen LogP contribution is -1.94. The van der Waals surface area contributed by atoms with E-state index in [1.807, 2.05) is 24.5 Å². The number of rotatable bonds is 2. The zero-order valence-corrected chi connectivity index (χ0v) is 7.68. The number of aldehydes is 1. The molecule has 0 N–H and O–H groups in total. The molecular formula is C11H10N2O. The molecular weight excluding hydrogens is 176 g/mol. The summed E-state index contributed by atoms with van der Waals surface area (Å²) in [6.45, 7) is 0. The van der Waals surface area contributed by atoms with Crippen LogP contribution in [0, 0.1) is 0 Å². The van der Waals surface area contributed by atoms with Crippen molar-refractivity contribution >= 4 is 17.3 Å². The Morgan fingerprint density at radius 1 is 1.43 bits per heavy atom. The first-order chi connectivity index (χ1) is 6.90. The second-order valence-corrected chi connectivity index (χ2v) is 3.72. The van der Waals surface area contributed by atoms with Crippen LogP contribution in [0.2, 0.25) is 0 Å². The smallest absolute Gasteiger partial charge is 0.152 e. The summed E-state index contributed by atoms with van der Waals surface area (Å²) in [7, 11) is 0. The van der Waals surface area contributed by atoms with Crippen LogP contribution >= 0.6 is 0 Å². The van der Waals surface area contributed by atoms with Crippen LogP contribution < -0.4 is 0 Å². The summed E-state index contributed by atoms with van der Waals surface area (Å²) in [6, 6.07) is 6.23. The Morgan fingerprint density at radius 3 is 3.00 bits per heavy atom. The fraction of sp³-hybridized carbons (Fsp3) is 0.273. The van der Waals surface area contributed by atoms with E-state index in [9.17, 15) is 4.79 Å². The molecule has 1 aromatic carbocycles. The van der Waals surface area contributed by atoms with Crippen molar-refractivity contribution in [1.29, 1.82) is 0 Å². The molecule has 3 rings (SSSR count). The van der Waals surface area contributed by atoms with E-state index in [2.05, 4.69) is 9.55 Å². The van der Waals surface area contributed by atoms with Gasteiger partial charge in [-0.05, 0) is 25.0 Å². The maximum absolute atomic E-state index is 10.9. The molecule has 0 amide bonds. The number of hydrogen-bond donors (Lipinski definition) is 0. The number of para-hydroxylation sites is 1. The fourth-order valence-corrected chi connectivity index (χ4v) is 1.84. The van der Waals surface area contributed by atoms with E-state index in [0.29, 0.717) is 6.04 Å². The van der Waals surface area contributed by atoms with Gasteiger partial charge in [0.2, 0.25) is 0 Å². The van der Waals surface area contributed by atoms with Crippen molar-refractivity contribution in [2.45, 2.75) is 18.9 Å². The number of carbonyl (C=O) groups excluding carboxylic acids is 1. The standard InChI is InChI=1S/C11H10N2O/c14-6-8-2-1-3-10-11(8)13(7-12-10)9-4-5-9/h1-3,6-7,9H,4-5H2. The highest BCUT2D eigenvalue weighted by Crippen LogP contribution is 2.37. The minimum absolute atomic E-state index is 0.570. The molecule has 14 heavy (non-hydrogen) atoms. The quantitative estimate of drug-likeness (QED) is 0.674. The Hall–Kier alpha value is -1.64. The molecule has 1 aliphatic rings. The third kappa shape index (κ3) is 0.985. The Bertz CT molecular complexity index is 497. The average Bonchev–Trinajstić information content (AvgIpc) is 2.97. The molecule has 0 aliphatic heterocycles. The van der Waals surface area contributed by atoms with Crippen LogP contribution in [-0.4, -0.2) is 15.8 Å². The number of aromatic nitrogens is 2. The second-order valence-electron chi connectivity index (χ2n) is 3.72. The van der Waals surface area contributed by atoms with Gasteiger partial charge in [0.25, 0.3) is 0 Å². The molecule has 3 heteroatoms. The van der Waals surface area contributed by atoms with Crippen LogP contribution in [0.15, 0.2) is 24.5 Å². The highest BCUT2D eigenvalue weighted by atomic mass is 16.1. The number of imidazole rings is 1. The number of hydrogen-bond acceptors (Lipinski definition) is 2. The Morgan fingerprint density at radius 2 is 2.29 bits per heavy atom. The van der Waals surface area contributed by atoms with Crippen LogP contribution in [0.4, 0.5) is 0 Å². The van der Waals surface area contributed by atoms with Crippen LogP contribution in [0.3, 0.4) is 0 Å². The van der Waals surface area contributed by atoms with Crippen LogP contribution in [-0.2, 0) is 0 Å². The van der Waals surface area contributed by atoms with E-state index < -0.39 is 0 Å². The summed E-state index contributed by atoms with van der Waals surface area (Å²) in [5.41, 5.74) is 2.65. The Balaban J connectivity index is 2.34. The molecule has 3 nitrogen and oxygen atoms in total. The van der Waals surface area contributed by atoms with Gasteiger partial charge < -0.3 is 4.57 Å². The van der Waals surface area contributed by atoms with Gasteiger partial charge in [-0.3, -0.25) is 4.79 Å². The van der Waals surface area contributed by atoms with Crippen molar-refractivity contribution in [3.05, 3.63) is 30.1 Å². The lowest BCUT2D eigenvalue weighted by molar-refractivity contribution is 0.112. The monoisotopic (exact) mass is 186 g/mol. The normalized spacial score (nSPS) is 16.0. The maximum atomic E-state index is 10.9. The van der Waals surface area contributed by atoms with Crippen molar-refractivity contribution in [2.24, 2.45) is 0 Å². The summed E-state index contributed by atoms with van der Waals surface area (Å²) in [4.78, 5) is 15.2. The molecule has 2 aromatic rings. The first-order valence-electron chi connectivity index (χ1n) is 4.81. The van der Waals surface area contributed by atoms with Gasteiger partial charge in [-0.25, -0.2) is 4.98 Å². The van der Waals surface area contributed by atoms with Gasteiger partial charge >= 0.3 is 0 Å². The van der Waals surface area contributed by atoms with Crippen molar-refractivity contribution in [3.8, 4) is 0 Å². The largest absolute Gasteiger partial charge is 0.327 e. The predicted octanol–water partition coefficient (Wildman–Crippen LogP) is 2.18. The summed E-state index contributed by atoms with van der Waals surface area (Å²) in [5, 5.41) is 0. The lowest BCUT2D eigenvalue weighted by atomic mass is 10.2. The highest BCUT2D eigenvalue weighted by Gasteiger charge is 2.25.